The van der Waals surface area contributed by atoms with Crippen LogP contribution in [0.15, 0.2) is 0 Å². The van der Waals surface area contributed by atoms with Gasteiger partial charge in [-0.2, -0.15) is 0 Å². The van der Waals surface area contributed by atoms with E-state index in [0.717, 1.165) is 25.8 Å². The largest absolute Gasteiger partial charge is 0.379 e. The Morgan fingerprint density at radius 2 is 2.11 bits per heavy atom. The van der Waals surface area contributed by atoms with E-state index in [-0.39, 0.29) is 11.5 Å². The van der Waals surface area contributed by atoms with Crippen LogP contribution in [0.1, 0.15) is 26.2 Å². The van der Waals surface area contributed by atoms with Crippen molar-refractivity contribution < 1.29 is 4.74 Å². The summed E-state index contributed by atoms with van der Waals surface area (Å²) in [6.45, 7) is 10.1. The lowest BCUT2D eigenvalue weighted by Crippen LogP contribution is -2.48. The minimum Gasteiger partial charge on any atom is -0.379 e. The van der Waals surface area contributed by atoms with Crippen LogP contribution < -0.4 is 5.73 Å². The smallest absolute Gasteiger partial charge is 0.0624 e. The third-order valence-corrected chi connectivity index (χ3v) is 5.10. The van der Waals surface area contributed by atoms with E-state index >= 15 is 0 Å². The maximum atomic E-state index is 6.21. The van der Waals surface area contributed by atoms with Crippen LogP contribution in [-0.4, -0.2) is 67.8 Å². The lowest BCUT2D eigenvalue weighted by atomic mass is 9.85. The molecular formula is C14H27N3O. The zero-order valence-electron chi connectivity index (χ0n) is 11.6. The second-order valence-electron chi connectivity index (χ2n) is 6.70. The van der Waals surface area contributed by atoms with Gasteiger partial charge in [0.05, 0.1) is 13.2 Å². The first kappa shape index (κ1) is 12.9. The van der Waals surface area contributed by atoms with Gasteiger partial charge in [-0.25, -0.2) is 0 Å². The first-order valence-corrected chi connectivity index (χ1v) is 7.47. The summed E-state index contributed by atoms with van der Waals surface area (Å²) >= 11 is 0. The number of rotatable bonds is 2. The van der Waals surface area contributed by atoms with Crippen molar-refractivity contribution in [2.45, 2.75) is 38.3 Å². The van der Waals surface area contributed by atoms with Gasteiger partial charge < -0.3 is 15.4 Å². The van der Waals surface area contributed by atoms with Crippen molar-refractivity contribution in [3.63, 3.8) is 0 Å². The van der Waals surface area contributed by atoms with E-state index in [1.54, 1.807) is 0 Å². The molecule has 4 nitrogen and oxygen atoms in total. The first-order chi connectivity index (χ1) is 8.67. The SMILES string of the molecule is CC1(CN2CCCN3CCCC3C2)COCC1N. The molecule has 104 valence electrons. The van der Waals surface area contributed by atoms with Crippen molar-refractivity contribution in [1.29, 1.82) is 0 Å². The fourth-order valence-corrected chi connectivity index (χ4v) is 3.83. The maximum Gasteiger partial charge on any atom is 0.0624 e. The summed E-state index contributed by atoms with van der Waals surface area (Å²) in [6, 6.07) is 1.01. The number of ether oxygens (including phenoxy) is 1. The Bertz CT molecular complexity index is 299. The van der Waals surface area contributed by atoms with E-state index in [4.69, 9.17) is 10.5 Å². The highest BCUT2D eigenvalue weighted by atomic mass is 16.5. The molecule has 3 heterocycles. The Balaban J connectivity index is 1.62. The fourth-order valence-electron chi connectivity index (χ4n) is 3.83. The van der Waals surface area contributed by atoms with Crippen LogP contribution in [0.25, 0.3) is 0 Å². The van der Waals surface area contributed by atoms with E-state index in [1.807, 2.05) is 0 Å². The van der Waals surface area contributed by atoms with Crippen LogP contribution in [0.3, 0.4) is 0 Å². The van der Waals surface area contributed by atoms with E-state index in [1.165, 1.54) is 45.4 Å². The van der Waals surface area contributed by atoms with Gasteiger partial charge in [0.25, 0.3) is 0 Å². The Morgan fingerprint density at radius 3 is 2.89 bits per heavy atom. The minimum absolute atomic E-state index is 0.160. The molecule has 3 fully saturated rings. The van der Waals surface area contributed by atoms with Gasteiger partial charge in [0, 0.05) is 30.6 Å². The average molecular weight is 253 g/mol. The summed E-state index contributed by atoms with van der Waals surface area (Å²) in [7, 11) is 0. The third kappa shape index (κ3) is 2.44. The van der Waals surface area contributed by atoms with Crippen LogP contribution in [0.2, 0.25) is 0 Å². The van der Waals surface area contributed by atoms with Gasteiger partial charge in [-0.1, -0.05) is 6.92 Å². The average Bonchev–Trinajstić information content (AvgIpc) is 2.83. The second kappa shape index (κ2) is 5.08. The molecule has 0 saturated carbocycles. The van der Waals surface area contributed by atoms with Crippen LogP contribution >= 0.6 is 0 Å². The molecule has 2 N–H and O–H groups in total. The quantitative estimate of drug-likeness (QED) is 0.779. The van der Waals surface area contributed by atoms with Gasteiger partial charge in [0.2, 0.25) is 0 Å². The standard InChI is InChI=1S/C14H27N3O/c1-14(11-18-9-13(14)15)10-16-5-3-7-17-6-2-4-12(17)8-16/h12-13H,2-11,15H2,1H3. The van der Waals surface area contributed by atoms with E-state index in [9.17, 15) is 0 Å². The molecule has 0 aliphatic carbocycles. The van der Waals surface area contributed by atoms with Crippen molar-refractivity contribution in [2.75, 3.05) is 45.9 Å². The zero-order chi connectivity index (χ0) is 12.6. The number of hydrogen-bond donors (Lipinski definition) is 1. The van der Waals surface area contributed by atoms with Crippen molar-refractivity contribution in [3.8, 4) is 0 Å². The van der Waals surface area contributed by atoms with Gasteiger partial charge >= 0.3 is 0 Å². The summed E-state index contributed by atoms with van der Waals surface area (Å²) in [4.78, 5) is 5.33. The molecule has 3 aliphatic rings. The van der Waals surface area contributed by atoms with E-state index in [2.05, 4.69) is 16.7 Å². The summed E-state index contributed by atoms with van der Waals surface area (Å²) in [5.74, 6) is 0. The number of nitrogens with zero attached hydrogens (tertiary/aromatic N) is 2. The molecule has 0 amide bonds. The first-order valence-electron chi connectivity index (χ1n) is 7.47. The maximum absolute atomic E-state index is 6.21. The lowest BCUT2D eigenvalue weighted by Gasteiger charge is -2.34. The lowest BCUT2D eigenvalue weighted by molar-refractivity contribution is 0.113. The molecular weight excluding hydrogens is 226 g/mol. The van der Waals surface area contributed by atoms with E-state index < -0.39 is 0 Å². The molecule has 0 spiro atoms. The number of hydrogen-bond acceptors (Lipinski definition) is 4. The Morgan fingerprint density at radius 1 is 1.28 bits per heavy atom. The van der Waals surface area contributed by atoms with Gasteiger partial charge in [0.15, 0.2) is 0 Å². The molecule has 3 unspecified atom stereocenters. The fraction of sp³-hybridized carbons (Fsp3) is 1.00. The Hall–Kier alpha value is -0.160. The molecule has 3 rings (SSSR count). The van der Waals surface area contributed by atoms with Crippen molar-refractivity contribution in [1.82, 2.24) is 9.80 Å². The minimum atomic E-state index is 0.160. The molecule has 0 aromatic rings. The van der Waals surface area contributed by atoms with Crippen LogP contribution in [-0.2, 0) is 4.74 Å². The molecule has 0 radical (unpaired) electrons. The van der Waals surface area contributed by atoms with Gasteiger partial charge in [-0.3, -0.25) is 4.90 Å². The predicted octanol–water partition coefficient (Wildman–Crippen LogP) is 0.520. The normalized spacial score (nSPS) is 43.0. The van der Waals surface area contributed by atoms with Crippen LogP contribution in [0, 0.1) is 5.41 Å². The third-order valence-electron chi connectivity index (χ3n) is 5.10. The molecule has 3 saturated heterocycles. The summed E-state index contributed by atoms with van der Waals surface area (Å²) in [6.07, 6.45) is 4.08. The van der Waals surface area contributed by atoms with Gasteiger partial charge in [-0.05, 0) is 38.9 Å². The predicted molar refractivity (Wildman–Crippen MR) is 72.6 cm³/mol. The number of nitrogens with two attached hydrogens (primary N) is 1. The monoisotopic (exact) mass is 253 g/mol. The molecule has 3 aliphatic heterocycles. The summed E-state index contributed by atoms with van der Waals surface area (Å²) < 4.78 is 5.57. The molecule has 4 heteroatoms. The van der Waals surface area contributed by atoms with Gasteiger partial charge in [0.1, 0.15) is 0 Å². The highest BCUT2D eigenvalue weighted by Gasteiger charge is 2.40. The molecule has 18 heavy (non-hydrogen) atoms. The van der Waals surface area contributed by atoms with Crippen LogP contribution in [0.4, 0.5) is 0 Å². The van der Waals surface area contributed by atoms with E-state index in [0.29, 0.717) is 0 Å². The second-order valence-corrected chi connectivity index (χ2v) is 6.70. The Labute approximate surface area is 110 Å². The van der Waals surface area contributed by atoms with Gasteiger partial charge in [-0.15, -0.1) is 0 Å². The van der Waals surface area contributed by atoms with Crippen molar-refractivity contribution in [3.05, 3.63) is 0 Å². The zero-order valence-corrected chi connectivity index (χ0v) is 11.6. The molecule has 0 aromatic carbocycles. The van der Waals surface area contributed by atoms with Crippen molar-refractivity contribution >= 4 is 0 Å². The molecule has 3 atom stereocenters. The topological polar surface area (TPSA) is 41.7 Å². The molecule has 0 aromatic heterocycles. The summed E-state index contributed by atoms with van der Waals surface area (Å²) in [5.41, 5.74) is 6.37. The number of fused-ring (bicyclic) bond motifs is 1. The van der Waals surface area contributed by atoms with Crippen LogP contribution in [0.5, 0.6) is 0 Å². The highest BCUT2D eigenvalue weighted by molar-refractivity contribution is 4.94. The Kier molecular flexibility index (Phi) is 3.63. The highest BCUT2D eigenvalue weighted by Crippen LogP contribution is 2.30. The summed E-state index contributed by atoms with van der Waals surface area (Å²) in [5, 5.41) is 0. The van der Waals surface area contributed by atoms with Crippen molar-refractivity contribution in [2.24, 2.45) is 11.1 Å². The molecule has 0 bridgehead atoms.